The molecule has 1 N–H and O–H groups in total. The van der Waals surface area contributed by atoms with Gasteiger partial charge in [-0.05, 0) is 49.4 Å². The second-order valence-corrected chi connectivity index (χ2v) is 8.10. The molecule has 4 rings (SSSR count). The lowest BCUT2D eigenvalue weighted by molar-refractivity contribution is -0.125. The average molecular weight is 458 g/mol. The zero-order valence-corrected chi connectivity index (χ0v) is 18.4. The number of halogens is 1. The number of aliphatic hydroxyl groups is 1. The van der Waals surface area contributed by atoms with Crippen molar-refractivity contribution in [2.24, 2.45) is 5.10 Å². The first kappa shape index (κ1) is 23.1. The molecule has 2 aromatic rings. The van der Waals surface area contributed by atoms with E-state index in [1.807, 2.05) is 0 Å². The highest BCUT2D eigenvalue weighted by Gasteiger charge is 2.35. The smallest absolute Gasteiger partial charge is 0.347 e. The van der Waals surface area contributed by atoms with Crippen LogP contribution < -0.4 is 0 Å². The van der Waals surface area contributed by atoms with Crippen LogP contribution in [0.4, 0.5) is 9.18 Å². The highest BCUT2D eigenvalue weighted by molar-refractivity contribution is 6.02. The Hall–Kier alpha value is -3.08. The van der Waals surface area contributed by atoms with Crippen LogP contribution in [0.5, 0.6) is 0 Å². The van der Waals surface area contributed by atoms with E-state index in [-0.39, 0.29) is 24.9 Å². The molecule has 10 heteroatoms. The number of aliphatic hydroxyl groups excluding tert-OH is 1. The van der Waals surface area contributed by atoms with Crippen LogP contribution in [0.2, 0.25) is 0 Å². The van der Waals surface area contributed by atoms with Gasteiger partial charge in [-0.2, -0.15) is 5.10 Å². The number of nitrogens with zero attached hydrogens (tertiary/aromatic N) is 5. The fourth-order valence-electron chi connectivity index (χ4n) is 3.99. The fraction of sp³-hybridized carbons (Fsp3) is 0.435. The Labute approximate surface area is 191 Å². The lowest BCUT2D eigenvalue weighted by atomic mass is 10.2. The van der Waals surface area contributed by atoms with Gasteiger partial charge in [-0.1, -0.05) is 0 Å². The number of imide groups is 1. The van der Waals surface area contributed by atoms with Crippen molar-refractivity contribution in [2.45, 2.75) is 6.42 Å². The minimum atomic E-state index is -0.436. The van der Waals surface area contributed by atoms with E-state index in [1.165, 1.54) is 23.2 Å². The molecule has 9 nitrogen and oxygen atoms in total. The molecule has 0 saturated carbocycles. The Morgan fingerprint density at radius 2 is 1.67 bits per heavy atom. The number of β-amino-alcohol motifs (C(OH)–C–C–N with tert-alkyl or cyclic N) is 1. The molecule has 3 heterocycles. The highest BCUT2D eigenvalue weighted by Crippen LogP contribution is 2.22. The third-order valence-corrected chi connectivity index (χ3v) is 5.85. The molecular formula is C23H28FN5O4. The van der Waals surface area contributed by atoms with E-state index in [1.54, 1.807) is 24.3 Å². The van der Waals surface area contributed by atoms with E-state index in [9.17, 15) is 14.0 Å². The van der Waals surface area contributed by atoms with Gasteiger partial charge in [0.2, 0.25) is 0 Å². The summed E-state index contributed by atoms with van der Waals surface area (Å²) >= 11 is 0. The van der Waals surface area contributed by atoms with Crippen molar-refractivity contribution in [3.05, 3.63) is 48.0 Å². The molecule has 2 aliphatic rings. The predicted molar refractivity (Wildman–Crippen MR) is 120 cm³/mol. The Balaban J connectivity index is 1.25. The first-order valence-corrected chi connectivity index (χ1v) is 11.1. The molecule has 1 aromatic heterocycles. The number of furan rings is 1. The van der Waals surface area contributed by atoms with Crippen LogP contribution in [0, 0.1) is 5.82 Å². The van der Waals surface area contributed by atoms with Crippen molar-refractivity contribution >= 4 is 18.2 Å². The Kier molecular flexibility index (Phi) is 7.48. The van der Waals surface area contributed by atoms with Crippen LogP contribution in [0.15, 0.2) is 45.9 Å². The highest BCUT2D eigenvalue weighted by atomic mass is 19.1. The van der Waals surface area contributed by atoms with Crippen molar-refractivity contribution in [1.82, 2.24) is 19.7 Å². The monoisotopic (exact) mass is 457 g/mol. The minimum absolute atomic E-state index is 0.0965. The third-order valence-electron chi connectivity index (χ3n) is 5.85. The van der Waals surface area contributed by atoms with E-state index in [0.29, 0.717) is 31.0 Å². The summed E-state index contributed by atoms with van der Waals surface area (Å²) in [5.74, 6) is 0.387. The number of hydrogen-bond acceptors (Lipinski definition) is 7. The van der Waals surface area contributed by atoms with E-state index in [0.717, 1.165) is 43.3 Å². The first-order chi connectivity index (χ1) is 16.0. The van der Waals surface area contributed by atoms with Crippen molar-refractivity contribution in [2.75, 3.05) is 59.0 Å². The number of rotatable bonds is 9. The molecule has 0 atom stereocenters. The van der Waals surface area contributed by atoms with Gasteiger partial charge < -0.3 is 14.4 Å². The number of urea groups is 1. The van der Waals surface area contributed by atoms with Crippen LogP contribution in [0.1, 0.15) is 12.2 Å². The molecule has 1 aromatic carbocycles. The number of carbonyl (C=O) groups is 2. The zero-order valence-electron chi connectivity index (χ0n) is 18.4. The average Bonchev–Trinajstić information content (AvgIpc) is 3.39. The summed E-state index contributed by atoms with van der Waals surface area (Å²) in [6, 6.07) is 8.94. The van der Waals surface area contributed by atoms with Crippen LogP contribution in [0.25, 0.3) is 11.3 Å². The molecule has 2 saturated heterocycles. The SMILES string of the molecule is O=C1CN(/N=C/c2ccc(-c3ccc(F)cc3)o2)C(=O)N1CCCN1CCN(CCO)CC1. The molecule has 0 bridgehead atoms. The standard InChI is InChI=1S/C23H28FN5O4/c24-19-4-2-18(3-5-19)21-7-6-20(33-21)16-25-29-17-22(31)28(23(29)32)9-1-8-26-10-12-27(13-11-26)14-15-30/h2-7,16,30H,1,8-15,17H2/b25-16+. The van der Waals surface area contributed by atoms with Gasteiger partial charge in [0.1, 0.15) is 23.9 Å². The summed E-state index contributed by atoms with van der Waals surface area (Å²) < 4.78 is 18.8. The largest absolute Gasteiger partial charge is 0.455 e. The van der Waals surface area contributed by atoms with E-state index in [4.69, 9.17) is 9.52 Å². The molecule has 0 radical (unpaired) electrons. The first-order valence-electron chi connectivity index (χ1n) is 11.1. The normalized spacial score (nSPS) is 18.2. The van der Waals surface area contributed by atoms with Crippen LogP contribution >= 0.6 is 0 Å². The number of amides is 3. The molecule has 3 amide bonds. The van der Waals surface area contributed by atoms with Crippen molar-refractivity contribution in [3.63, 3.8) is 0 Å². The van der Waals surface area contributed by atoms with E-state index in [2.05, 4.69) is 14.9 Å². The molecule has 0 aliphatic carbocycles. The summed E-state index contributed by atoms with van der Waals surface area (Å²) in [5.41, 5.74) is 0.726. The number of hydrazone groups is 1. The minimum Gasteiger partial charge on any atom is -0.455 e. The van der Waals surface area contributed by atoms with Gasteiger partial charge in [-0.25, -0.2) is 14.2 Å². The second-order valence-electron chi connectivity index (χ2n) is 8.10. The van der Waals surface area contributed by atoms with Gasteiger partial charge >= 0.3 is 6.03 Å². The van der Waals surface area contributed by atoms with Crippen LogP contribution in [-0.2, 0) is 4.79 Å². The van der Waals surface area contributed by atoms with Crippen molar-refractivity contribution in [3.8, 4) is 11.3 Å². The maximum absolute atomic E-state index is 13.1. The predicted octanol–water partition coefficient (Wildman–Crippen LogP) is 1.68. The summed E-state index contributed by atoms with van der Waals surface area (Å²) in [6.45, 7) is 5.62. The Bertz CT molecular complexity index is 985. The fourth-order valence-corrected chi connectivity index (χ4v) is 3.99. The van der Waals surface area contributed by atoms with Crippen LogP contribution in [0.3, 0.4) is 0 Å². The van der Waals surface area contributed by atoms with Gasteiger partial charge in [0.25, 0.3) is 5.91 Å². The zero-order chi connectivity index (χ0) is 23.2. The quantitative estimate of drug-likeness (QED) is 0.455. The van der Waals surface area contributed by atoms with Crippen molar-refractivity contribution < 1.29 is 23.5 Å². The van der Waals surface area contributed by atoms with Crippen molar-refractivity contribution in [1.29, 1.82) is 0 Å². The number of carbonyl (C=O) groups excluding carboxylic acids is 2. The van der Waals surface area contributed by atoms with Crippen LogP contribution in [-0.4, -0.2) is 102 Å². The summed E-state index contributed by atoms with van der Waals surface area (Å²) in [6.07, 6.45) is 2.10. The lowest BCUT2D eigenvalue weighted by Gasteiger charge is -2.34. The summed E-state index contributed by atoms with van der Waals surface area (Å²) in [7, 11) is 0. The molecular weight excluding hydrogens is 429 g/mol. The molecule has 33 heavy (non-hydrogen) atoms. The number of hydrogen-bond donors (Lipinski definition) is 1. The van der Waals surface area contributed by atoms with Gasteiger partial charge in [-0.15, -0.1) is 0 Å². The van der Waals surface area contributed by atoms with Gasteiger partial charge in [0, 0.05) is 44.8 Å². The van der Waals surface area contributed by atoms with Gasteiger partial charge in [0.05, 0.1) is 12.8 Å². The maximum atomic E-state index is 13.1. The second kappa shape index (κ2) is 10.7. The summed E-state index contributed by atoms with van der Waals surface area (Å²) in [5, 5.41) is 14.3. The Morgan fingerprint density at radius 1 is 0.970 bits per heavy atom. The lowest BCUT2D eigenvalue weighted by Crippen LogP contribution is -2.47. The van der Waals surface area contributed by atoms with E-state index >= 15 is 0 Å². The number of benzene rings is 1. The maximum Gasteiger partial charge on any atom is 0.347 e. The molecule has 2 aliphatic heterocycles. The molecule has 2 fully saturated rings. The molecule has 0 unspecified atom stereocenters. The topological polar surface area (TPSA) is 92.8 Å². The Morgan fingerprint density at radius 3 is 2.36 bits per heavy atom. The van der Waals surface area contributed by atoms with E-state index < -0.39 is 6.03 Å². The van der Waals surface area contributed by atoms with Gasteiger partial charge in [0.15, 0.2) is 0 Å². The van der Waals surface area contributed by atoms with Gasteiger partial charge in [-0.3, -0.25) is 14.6 Å². The third kappa shape index (κ3) is 5.84. The molecule has 176 valence electrons. The molecule has 0 spiro atoms. The summed E-state index contributed by atoms with van der Waals surface area (Å²) in [4.78, 5) is 30.7. The number of piperazine rings is 1.